The number of ether oxygens (including phenoxy) is 2. The number of hydrogen-bond acceptors (Lipinski definition) is 4. The van der Waals surface area contributed by atoms with E-state index >= 15 is 0 Å². The van der Waals surface area contributed by atoms with E-state index in [2.05, 4.69) is 6.07 Å². The predicted molar refractivity (Wildman–Crippen MR) is 57.2 cm³/mol. The molecule has 2 N–H and O–H groups in total. The van der Waals surface area contributed by atoms with Crippen molar-refractivity contribution in [3.63, 3.8) is 0 Å². The molecule has 1 rings (SSSR count). The highest BCUT2D eigenvalue weighted by Crippen LogP contribution is 2.14. The van der Waals surface area contributed by atoms with E-state index in [4.69, 9.17) is 20.5 Å². The zero-order valence-electron chi connectivity index (χ0n) is 9.37. The van der Waals surface area contributed by atoms with Gasteiger partial charge >= 0.3 is 0 Å². The van der Waals surface area contributed by atoms with Crippen molar-refractivity contribution in [2.45, 2.75) is 44.2 Å². The fraction of sp³-hybridized carbons (Fsp3) is 0.909. The van der Waals surface area contributed by atoms with E-state index in [1.807, 2.05) is 6.92 Å². The summed E-state index contributed by atoms with van der Waals surface area (Å²) in [7, 11) is 0. The van der Waals surface area contributed by atoms with Crippen LogP contribution in [0.25, 0.3) is 0 Å². The largest absolute Gasteiger partial charge is 0.379 e. The van der Waals surface area contributed by atoms with Crippen LogP contribution >= 0.6 is 0 Å². The normalized spacial score (nSPS) is 24.7. The summed E-state index contributed by atoms with van der Waals surface area (Å²) in [4.78, 5) is 0. The average Bonchev–Trinajstić information content (AvgIpc) is 2.77. The van der Waals surface area contributed by atoms with Gasteiger partial charge in [0.2, 0.25) is 0 Å². The molecular weight excluding hydrogens is 192 g/mol. The number of rotatable bonds is 6. The SMILES string of the molecule is CCC(N)(C#N)CCCOC1CCOC1. The zero-order valence-corrected chi connectivity index (χ0v) is 9.37. The standard InChI is InChI=1S/C11H20N2O2/c1-2-11(13,9-12)5-3-6-15-10-4-7-14-8-10/h10H,2-8,13H2,1H3. The van der Waals surface area contributed by atoms with E-state index in [9.17, 15) is 0 Å². The maximum atomic E-state index is 8.86. The fourth-order valence-electron chi connectivity index (χ4n) is 1.59. The van der Waals surface area contributed by atoms with E-state index in [1.54, 1.807) is 0 Å². The van der Waals surface area contributed by atoms with Gasteiger partial charge in [-0.25, -0.2) is 0 Å². The molecule has 2 unspecified atom stereocenters. The average molecular weight is 212 g/mol. The van der Waals surface area contributed by atoms with Crippen LogP contribution in [-0.4, -0.2) is 31.5 Å². The minimum absolute atomic E-state index is 0.251. The van der Waals surface area contributed by atoms with Gasteiger partial charge in [-0.1, -0.05) is 6.92 Å². The first-order valence-electron chi connectivity index (χ1n) is 5.59. The maximum Gasteiger partial charge on any atom is 0.104 e. The van der Waals surface area contributed by atoms with Gasteiger partial charge in [-0.2, -0.15) is 5.26 Å². The molecule has 0 saturated carbocycles. The summed E-state index contributed by atoms with van der Waals surface area (Å²) in [5, 5.41) is 8.86. The highest BCUT2D eigenvalue weighted by atomic mass is 16.5. The molecule has 1 saturated heterocycles. The predicted octanol–water partition coefficient (Wildman–Crippen LogP) is 1.20. The molecule has 1 aliphatic rings. The lowest BCUT2D eigenvalue weighted by Gasteiger charge is -2.19. The third-order valence-electron chi connectivity index (χ3n) is 2.86. The molecule has 0 aromatic rings. The van der Waals surface area contributed by atoms with E-state index in [-0.39, 0.29) is 6.10 Å². The summed E-state index contributed by atoms with van der Waals surface area (Å²) in [6, 6.07) is 2.15. The minimum atomic E-state index is -0.671. The van der Waals surface area contributed by atoms with Crippen molar-refractivity contribution in [2.24, 2.45) is 5.73 Å². The van der Waals surface area contributed by atoms with Crippen molar-refractivity contribution >= 4 is 0 Å². The quantitative estimate of drug-likeness (QED) is 0.672. The van der Waals surface area contributed by atoms with Crippen LogP contribution < -0.4 is 5.73 Å². The third-order valence-corrected chi connectivity index (χ3v) is 2.86. The minimum Gasteiger partial charge on any atom is -0.379 e. The summed E-state index contributed by atoms with van der Waals surface area (Å²) in [5.41, 5.74) is 5.18. The summed E-state index contributed by atoms with van der Waals surface area (Å²) in [6.45, 7) is 4.13. The van der Waals surface area contributed by atoms with Crippen molar-refractivity contribution in [1.29, 1.82) is 5.26 Å². The molecular formula is C11H20N2O2. The van der Waals surface area contributed by atoms with Gasteiger partial charge in [-0.15, -0.1) is 0 Å². The molecule has 86 valence electrons. The Hall–Kier alpha value is -0.630. The van der Waals surface area contributed by atoms with Gasteiger partial charge in [0.25, 0.3) is 0 Å². The summed E-state index contributed by atoms with van der Waals surface area (Å²) in [6.07, 6.45) is 3.47. The Balaban J connectivity index is 2.08. The lowest BCUT2D eigenvalue weighted by atomic mass is 9.94. The van der Waals surface area contributed by atoms with E-state index in [0.29, 0.717) is 26.1 Å². The van der Waals surface area contributed by atoms with Crippen LogP contribution in [0.2, 0.25) is 0 Å². The molecule has 0 aliphatic carbocycles. The molecule has 0 bridgehead atoms. The highest BCUT2D eigenvalue weighted by Gasteiger charge is 2.22. The Morgan fingerprint density at radius 2 is 2.47 bits per heavy atom. The molecule has 1 fully saturated rings. The summed E-state index contributed by atoms with van der Waals surface area (Å²) in [5.74, 6) is 0. The van der Waals surface area contributed by atoms with Crippen LogP contribution in [0, 0.1) is 11.3 Å². The first kappa shape index (κ1) is 12.4. The molecule has 2 atom stereocenters. The summed E-state index contributed by atoms with van der Waals surface area (Å²) >= 11 is 0. The first-order chi connectivity index (χ1) is 7.20. The van der Waals surface area contributed by atoms with E-state index < -0.39 is 5.54 Å². The molecule has 1 aliphatic heterocycles. The second kappa shape index (κ2) is 6.06. The molecule has 0 aromatic heterocycles. The van der Waals surface area contributed by atoms with E-state index in [1.165, 1.54) is 0 Å². The van der Waals surface area contributed by atoms with Gasteiger partial charge in [-0.3, -0.25) is 0 Å². The van der Waals surface area contributed by atoms with Gasteiger partial charge in [0.1, 0.15) is 5.54 Å². The molecule has 0 aromatic carbocycles. The second-order valence-corrected chi connectivity index (χ2v) is 4.08. The van der Waals surface area contributed by atoms with Crippen LogP contribution in [-0.2, 0) is 9.47 Å². The Morgan fingerprint density at radius 1 is 1.67 bits per heavy atom. The number of hydrogen-bond donors (Lipinski definition) is 1. The molecule has 15 heavy (non-hydrogen) atoms. The Bertz CT molecular complexity index is 221. The van der Waals surface area contributed by atoms with Gasteiger partial charge < -0.3 is 15.2 Å². The number of nitriles is 1. The van der Waals surface area contributed by atoms with Crippen LogP contribution in [0.15, 0.2) is 0 Å². The van der Waals surface area contributed by atoms with Gasteiger partial charge in [-0.05, 0) is 25.7 Å². The molecule has 4 nitrogen and oxygen atoms in total. The lowest BCUT2D eigenvalue weighted by Crippen LogP contribution is -2.37. The van der Waals surface area contributed by atoms with E-state index in [0.717, 1.165) is 19.4 Å². The second-order valence-electron chi connectivity index (χ2n) is 4.08. The van der Waals surface area contributed by atoms with Gasteiger partial charge in [0.15, 0.2) is 0 Å². The van der Waals surface area contributed by atoms with Crippen molar-refractivity contribution in [3.8, 4) is 6.07 Å². The number of nitrogens with zero attached hydrogens (tertiary/aromatic N) is 1. The van der Waals surface area contributed by atoms with Crippen LogP contribution in [0.1, 0.15) is 32.6 Å². The first-order valence-corrected chi connectivity index (χ1v) is 5.59. The van der Waals surface area contributed by atoms with Crippen LogP contribution in [0.4, 0.5) is 0 Å². The van der Waals surface area contributed by atoms with Crippen molar-refractivity contribution < 1.29 is 9.47 Å². The molecule has 0 amide bonds. The monoisotopic (exact) mass is 212 g/mol. The Kier molecular flexibility index (Phi) is 5.03. The maximum absolute atomic E-state index is 8.86. The molecule has 4 heteroatoms. The summed E-state index contributed by atoms with van der Waals surface area (Å²) < 4.78 is 10.8. The molecule has 1 heterocycles. The number of nitrogens with two attached hydrogens (primary N) is 1. The Morgan fingerprint density at radius 3 is 3.00 bits per heavy atom. The van der Waals surface area contributed by atoms with Gasteiger partial charge in [0.05, 0.1) is 18.8 Å². The van der Waals surface area contributed by atoms with Crippen molar-refractivity contribution in [1.82, 2.24) is 0 Å². The Labute approximate surface area is 91.3 Å². The van der Waals surface area contributed by atoms with Crippen molar-refractivity contribution in [2.75, 3.05) is 19.8 Å². The zero-order chi connectivity index (χ0) is 11.1. The molecule has 0 radical (unpaired) electrons. The van der Waals surface area contributed by atoms with Crippen molar-refractivity contribution in [3.05, 3.63) is 0 Å². The molecule has 0 spiro atoms. The highest BCUT2D eigenvalue weighted by molar-refractivity contribution is 5.03. The third kappa shape index (κ3) is 4.17. The van der Waals surface area contributed by atoms with Crippen LogP contribution in [0.3, 0.4) is 0 Å². The lowest BCUT2D eigenvalue weighted by molar-refractivity contribution is 0.0393. The fourth-order valence-corrected chi connectivity index (χ4v) is 1.59. The topological polar surface area (TPSA) is 68.3 Å². The van der Waals surface area contributed by atoms with Gasteiger partial charge in [0, 0.05) is 13.2 Å². The smallest absolute Gasteiger partial charge is 0.104 e. The van der Waals surface area contributed by atoms with Crippen LogP contribution in [0.5, 0.6) is 0 Å².